The monoisotopic (exact) mass is 432 g/mol. The van der Waals surface area contributed by atoms with Crippen LogP contribution in [0.2, 0.25) is 0 Å². The Labute approximate surface area is 184 Å². The van der Waals surface area contributed by atoms with Crippen molar-refractivity contribution in [1.29, 1.82) is 0 Å². The van der Waals surface area contributed by atoms with Gasteiger partial charge in [0, 0.05) is 47.1 Å². The Morgan fingerprint density at radius 3 is 2.62 bits per heavy atom. The molecule has 0 aliphatic carbocycles. The Balaban J connectivity index is 1.59. The fraction of sp³-hybridized carbons (Fsp3) is 0.280. The molecule has 0 amide bonds. The van der Waals surface area contributed by atoms with E-state index in [0.717, 1.165) is 29.4 Å². The minimum absolute atomic E-state index is 0.0243. The molecule has 4 aromatic rings. The van der Waals surface area contributed by atoms with Crippen molar-refractivity contribution in [3.05, 3.63) is 83.1 Å². The fourth-order valence-corrected chi connectivity index (χ4v) is 4.22. The third-order valence-corrected chi connectivity index (χ3v) is 5.84. The molecule has 1 aromatic carbocycles. The molecule has 1 aliphatic heterocycles. The number of ether oxygens (including phenoxy) is 1. The molecule has 0 spiro atoms. The van der Waals surface area contributed by atoms with Crippen LogP contribution in [0.5, 0.6) is 0 Å². The van der Waals surface area contributed by atoms with E-state index in [1.54, 1.807) is 6.20 Å². The Bertz CT molecular complexity index is 1310. The molecular weight excluding hydrogens is 410 g/mol. The van der Waals surface area contributed by atoms with Crippen LogP contribution in [-0.2, 0) is 4.74 Å². The molecule has 5 nitrogen and oxygen atoms in total. The molecule has 0 N–H and O–H groups in total. The number of rotatable bonds is 3. The van der Waals surface area contributed by atoms with E-state index in [1.807, 2.05) is 38.1 Å². The first-order valence-electron chi connectivity index (χ1n) is 10.6. The summed E-state index contributed by atoms with van der Waals surface area (Å²) in [6.07, 6.45) is 3.15. The van der Waals surface area contributed by atoms with Gasteiger partial charge in [0.2, 0.25) is 0 Å². The number of nitrogens with zero attached hydrogens (tertiary/aromatic N) is 4. The van der Waals surface area contributed by atoms with Gasteiger partial charge >= 0.3 is 0 Å². The maximum atomic E-state index is 14.7. The molecule has 5 rings (SSSR count). The topological polar surface area (TPSA) is 60.8 Å². The zero-order valence-electron chi connectivity index (χ0n) is 17.8. The van der Waals surface area contributed by atoms with Gasteiger partial charge < -0.3 is 4.74 Å². The van der Waals surface area contributed by atoms with Crippen LogP contribution in [0.15, 0.2) is 48.7 Å². The highest BCUT2D eigenvalue weighted by Crippen LogP contribution is 2.38. The number of hydrogen-bond acceptors (Lipinski definition) is 5. The molecule has 1 aliphatic rings. The molecule has 2 unspecified atom stereocenters. The van der Waals surface area contributed by atoms with E-state index in [4.69, 9.17) is 14.7 Å². The first kappa shape index (κ1) is 20.6. The van der Waals surface area contributed by atoms with E-state index < -0.39 is 11.6 Å². The Hall–Kier alpha value is -3.32. The normalized spacial score (nSPS) is 18.8. The number of aryl methyl sites for hydroxylation is 2. The Morgan fingerprint density at radius 2 is 1.81 bits per heavy atom. The fourth-order valence-electron chi connectivity index (χ4n) is 4.22. The average Bonchev–Trinajstić information content (AvgIpc) is 2.78. The average molecular weight is 432 g/mol. The number of hydrogen-bond donors (Lipinski definition) is 0. The molecular formula is C25H22F2N4O. The summed E-state index contributed by atoms with van der Waals surface area (Å²) in [7, 11) is 0. The smallest absolute Gasteiger partial charge is 0.163 e. The lowest BCUT2D eigenvalue weighted by atomic mass is 9.91. The quantitative estimate of drug-likeness (QED) is 0.421. The van der Waals surface area contributed by atoms with Gasteiger partial charge in [0.05, 0.1) is 11.8 Å². The molecule has 0 bridgehead atoms. The highest BCUT2D eigenvalue weighted by molar-refractivity contribution is 5.90. The first-order chi connectivity index (χ1) is 15.5. The Kier molecular flexibility index (Phi) is 5.35. The molecule has 0 radical (unpaired) electrons. The van der Waals surface area contributed by atoms with Crippen LogP contribution in [0.4, 0.5) is 8.78 Å². The lowest BCUT2D eigenvalue weighted by molar-refractivity contribution is 0.00393. The zero-order valence-corrected chi connectivity index (χ0v) is 17.8. The number of halogens is 2. The number of benzene rings is 1. The second-order valence-corrected chi connectivity index (χ2v) is 8.19. The van der Waals surface area contributed by atoms with Crippen LogP contribution in [0.1, 0.15) is 47.6 Å². The molecule has 162 valence electrons. The standard InChI is InChI=1S/C25H22F2N4O/c1-14-3-5-20-23(19-6-4-18(26)13-21(19)27)30-24(31-25(20)29-14)17-8-10-32-22(12-17)16-7-9-28-15(2)11-16/h3-7,9,11,13,17,22H,8,10,12H2,1-2H3. The van der Waals surface area contributed by atoms with Gasteiger partial charge in [0.25, 0.3) is 0 Å². The highest BCUT2D eigenvalue weighted by Gasteiger charge is 2.28. The minimum Gasteiger partial charge on any atom is -0.373 e. The van der Waals surface area contributed by atoms with Gasteiger partial charge in [0.15, 0.2) is 5.65 Å². The third-order valence-electron chi connectivity index (χ3n) is 5.84. The van der Waals surface area contributed by atoms with E-state index in [2.05, 4.69) is 9.97 Å². The van der Waals surface area contributed by atoms with E-state index >= 15 is 0 Å². The lowest BCUT2D eigenvalue weighted by Crippen LogP contribution is -2.21. The van der Waals surface area contributed by atoms with Crippen molar-refractivity contribution in [2.24, 2.45) is 0 Å². The molecule has 1 fully saturated rings. The van der Waals surface area contributed by atoms with Crippen LogP contribution in [0.3, 0.4) is 0 Å². The molecule has 3 aromatic heterocycles. The maximum absolute atomic E-state index is 14.7. The maximum Gasteiger partial charge on any atom is 0.163 e. The van der Waals surface area contributed by atoms with Crippen molar-refractivity contribution >= 4 is 11.0 Å². The van der Waals surface area contributed by atoms with Gasteiger partial charge in [-0.05, 0) is 68.7 Å². The summed E-state index contributed by atoms with van der Waals surface area (Å²) < 4.78 is 34.2. The zero-order chi connectivity index (χ0) is 22.2. The van der Waals surface area contributed by atoms with Crippen LogP contribution >= 0.6 is 0 Å². The SMILES string of the molecule is Cc1cc(C2CC(c3nc(-c4ccc(F)cc4F)c4ccc(C)nc4n3)CCO2)ccn1. The predicted octanol–water partition coefficient (Wildman–Crippen LogP) is 5.62. The summed E-state index contributed by atoms with van der Waals surface area (Å²) in [5.74, 6) is -0.656. The van der Waals surface area contributed by atoms with Crippen molar-refractivity contribution in [1.82, 2.24) is 19.9 Å². The molecule has 32 heavy (non-hydrogen) atoms. The molecule has 7 heteroatoms. The van der Waals surface area contributed by atoms with Crippen molar-refractivity contribution in [2.45, 2.75) is 38.7 Å². The number of fused-ring (bicyclic) bond motifs is 1. The minimum atomic E-state index is -0.659. The summed E-state index contributed by atoms with van der Waals surface area (Å²) in [5.41, 5.74) is 3.99. The van der Waals surface area contributed by atoms with Gasteiger partial charge in [0.1, 0.15) is 17.5 Å². The number of pyridine rings is 2. The first-order valence-corrected chi connectivity index (χ1v) is 10.6. The van der Waals surface area contributed by atoms with E-state index in [-0.39, 0.29) is 17.6 Å². The lowest BCUT2D eigenvalue weighted by Gasteiger charge is -2.29. The summed E-state index contributed by atoms with van der Waals surface area (Å²) >= 11 is 0. The van der Waals surface area contributed by atoms with Crippen molar-refractivity contribution in [2.75, 3.05) is 6.61 Å². The molecule has 2 atom stereocenters. The van der Waals surface area contributed by atoms with E-state index in [0.29, 0.717) is 35.6 Å². The largest absolute Gasteiger partial charge is 0.373 e. The van der Waals surface area contributed by atoms with Crippen molar-refractivity contribution in [3.8, 4) is 11.3 Å². The second kappa shape index (κ2) is 8.31. The molecule has 4 heterocycles. The van der Waals surface area contributed by atoms with Crippen molar-refractivity contribution < 1.29 is 13.5 Å². The van der Waals surface area contributed by atoms with E-state index in [1.165, 1.54) is 12.1 Å². The predicted molar refractivity (Wildman–Crippen MR) is 117 cm³/mol. The van der Waals surface area contributed by atoms with Crippen molar-refractivity contribution in [3.63, 3.8) is 0 Å². The summed E-state index contributed by atoms with van der Waals surface area (Å²) in [6.45, 7) is 4.41. The second-order valence-electron chi connectivity index (χ2n) is 8.19. The van der Waals surface area contributed by atoms with Gasteiger partial charge in [-0.15, -0.1) is 0 Å². The highest BCUT2D eigenvalue weighted by atomic mass is 19.1. The molecule has 0 saturated carbocycles. The summed E-state index contributed by atoms with van der Waals surface area (Å²) in [6, 6.07) is 11.2. The number of aromatic nitrogens is 4. The van der Waals surface area contributed by atoms with E-state index in [9.17, 15) is 8.78 Å². The summed E-state index contributed by atoms with van der Waals surface area (Å²) in [5, 5.41) is 0.637. The molecule has 1 saturated heterocycles. The Morgan fingerprint density at radius 1 is 0.938 bits per heavy atom. The van der Waals surface area contributed by atoms with Crippen LogP contribution in [-0.4, -0.2) is 26.5 Å². The van der Waals surface area contributed by atoms with Gasteiger partial charge in [-0.25, -0.2) is 23.7 Å². The van der Waals surface area contributed by atoms with Crippen LogP contribution in [0.25, 0.3) is 22.3 Å². The van der Waals surface area contributed by atoms with Gasteiger partial charge in [-0.1, -0.05) is 0 Å². The van der Waals surface area contributed by atoms with Crippen LogP contribution < -0.4 is 0 Å². The van der Waals surface area contributed by atoms with Crippen LogP contribution in [0, 0.1) is 25.5 Å². The van der Waals surface area contributed by atoms with Gasteiger partial charge in [-0.2, -0.15) is 0 Å². The van der Waals surface area contributed by atoms with Gasteiger partial charge in [-0.3, -0.25) is 4.98 Å². The summed E-state index contributed by atoms with van der Waals surface area (Å²) in [4.78, 5) is 18.4. The third kappa shape index (κ3) is 3.96.